The Morgan fingerprint density at radius 3 is 2.57 bits per heavy atom. The van der Waals surface area contributed by atoms with E-state index in [1.807, 2.05) is 30.3 Å². The van der Waals surface area contributed by atoms with Crippen LogP contribution in [0.5, 0.6) is 0 Å². The molecule has 0 radical (unpaired) electrons. The van der Waals surface area contributed by atoms with Crippen LogP contribution < -0.4 is 10.2 Å². The Kier molecular flexibility index (Phi) is 4.73. The summed E-state index contributed by atoms with van der Waals surface area (Å²) in [5.41, 5.74) is 0.589. The van der Waals surface area contributed by atoms with Gasteiger partial charge in [-0.3, -0.25) is 29.9 Å². The molecule has 154 valence electrons. The van der Waals surface area contributed by atoms with E-state index in [-0.39, 0.29) is 25.2 Å². The summed E-state index contributed by atoms with van der Waals surface area (Å²) in [5.74, 6) is -1.24. The minimum absolute atomic E-state index is 0.00582. The summed E-state index contributed by atoms with van der Waals surface area (Å²) in [6, 6.07) is 13.1. The van der Waals surface area contributed by atoms with E-state index in [4.69, 9.17) is 0 Å². The standard InChI is InChI=1S/C21H20N4O5/c1-23-13-21(12-15-11-16(25(29)30)7-8-17(15)23)18(26)22-20(28)24(19(21)27)10-9-14-5-3-2-4-6-14/h2-8,11H,9-10,12-13H2,1H3,(H,22,26,28)/t21-/m0/s1. The summed E-state index contributed by atoms with van der Waals surface area (Å²) in [6.45, 7) is 0.215. The number of barbiturate groups is 1. The predicted octanol–water partition coefficient (Wildman–Crippen LogP) is 1.89. The molecule has 0 bridgehead atoms. The van der Waals surface area contributed by atoms with Gasteiger partial charge < -0.3 is 4.90 Å². The molecule has 0 aromatic heterocycles. The molecular weight excluding hydrogens is 388 g/mol. The molecule has 1 N–H and O–H groups in total. The monoisotopic (exact) mass is 408 g/mol. The highest BCUT2D eigenvalue weighted by Crippen LogP contribution is 2.40. The zero-order chi connectivity index (χ0) is 21.5. The number of urea groups is 1. The molecule has 1 spiro atoms. The average Bonchev–Trinajstić information content (AvgIpc) is 2.72. The first-order valence-electron chi connectivity index (χ1n) is 9.51. The number of carbonyl (C=O) groups excluding carboxylic acids is 3. The summed E-state index contributed by atoms with van der Waals surface area (Å²) in [4.78, 5) is 52.1. The van der Waals surface area contributed by atoms with Gasteiger partial charge in [-0.05, 0) is 30.0 Å². The zero-order valence-corrected chi connectivity index (χ0v) is 16.3. The highest BCUT2D eigenvalue weighted by molar-refractivity contribution is 6.20. The summed E-state index contributed by atoms with van der Waals surface area (Å²) in [7, 11) is 1.72. The molecule has 4 rings (SSSR count). The number of nitro groups is 1. The minimum atomic E-state index is -1.51. The van der Waals surface area contributed by atoms with E-state index < -0.39 is 28.2 Å². The number of benzene rings is 2. The number of amides is 4. The molecular formula is C21H20N4O5. The number of nitro benzene ring substituents is 1. The van der Waals surface area contributed by atoms with Crippen molar-refractivity contribution in [3.63, 3.8) is 0 Å². The van der Waals surface area contributed by atoms with E-state index in [2.05, 4.69) is 5.32 Å². The molecule has 2 aromatic carbocycles. The fraction of sp³-hybridized carbons (Fsp3) is 0.286. The van der Waals surface area contributed by atoms with Crippen LogP contribution in [0.15, 0.2) is 48.5 Å². The maximum atomic E-state index is 13.4. The highest BCUT2D eigenvalue weighted by Gasteiger charge is 2.56. The smallest absolute Gasteiger partial charge is 0.330 e. The van der Waals surface area contributed by atoms with Crippen molar-refractivity contribution in [3.8, 4) is 0 Å². The van der Waals surface area contributed by atoms with E-state index in [9.17, 15) is 24.5 Å². The van der Waals surface area contributed by atoms with E-state index in [1.165, 1.54) is 12.1 Å². The second kappa shape index (κ2) is 7.25. The van der Waals surface area contributed by atoms with Gasteiger partial charge >= 0.3 is 6.03 Å². The van der Waals surface area contributed by atoms with Gasteiger partial charge in [-0.2, -0.15) is 0 Å². The Balaban J connectivity index is 1.65. The molecule has 30 heavy (non-hydrogen) atoms. The number of imide groups is 2. The molecule has 2 heterocycles. The fourth-order valence-electron chi connectivity index (χ4n) is 4.19. The third-order valence-corrected chi connectivity index (χ3v) is 5.71. The number of hydrogen-bond donors (Lipinski definition) is 1. The number of fused-ring (bicyclic) bond motifs is 1. The second-order valence-electron chi connectivity index (χ2n) is 7.64. The van der Waals surface area contributed by atoms with Gasteiger partial charge in [-0.25, -0.2) is 4.79 Å². The minimum Gasteiger partial charge on any atom is -0.373 e. The lowest BCUT2D eigenvalue weighted by atomic mass is 9.74. The van der Waals surface area contributed by atoms with Gasteiger partial charge in [0.2, 0.25) is 11.8 Å². The van der Waals surface area contributed by atoms with Crippen molar-refractivity contribution < 1.29 is 19.3 Å². The third kappa shape index (κ3) is 3.18. The highest BCUT2D eigenvalue weighted by atomic mass is 16.6. The van der Waals surface area contributed by atoms with Gasteiger partial charge in [-0.15, -0.1) is 0 Å². The normalized spacial score (nSPS) is 20.9. The Morgan fingerprint density at radius 1 is 1.13 bits per heavy atom. The van der Waals surface area contributed by atoms with E-state index >= 15 is 0 Å². The largest absolute Gasteiger partial charge is 0.373 e. The first kappa shape index (κ1) is 19.6. The number of nitrogens with zero attached hydrogens (tertiary/aromatic N) is 3. The number of hydrogen-bond acceptors (Lipinski definition) is 6. The Hall–Kier alpha value is -3.75. The Morgan fingerprint density at radius 2 is 1.87 bits per heavy atom. The number of nitrogens with one attached hydrogen (secondary N) is 1. The maximum absolute atomic E-state index is 13.4. The van der Waals surface area contributed by atoms with Crippen LogP contribution in [0, 0.1) is 15.5 Å². The third-order valence-electron chi connectivity index (χ3n) is 5.71. The number of rotatable bonds is 4. The molecule has 1 saturated heterocycles. The first-order chi connectivity index (χ1) is 14.3. The molecule has 9 heteroatoms. The topological polar surface area (TPSA) is 113 Å². The van der Waals surface area contributed by atoms with Crippen LogP contribution in [-0.2, 0) is 22.4 Å². The van der Waals surface area contributed by atoms with Crippen molar-refractivity contribution in [1.82, 2.24) is 10.2 Å². The summed E-state index contributed by atoms with van der Waals surface area (Å²) >= 11 is 0. The maximum Gasteiger partial charge on any atom is 0.330 e. The Labute approximate surface area is 172 Å². The van der Waals surface area contributed by atoms with E-state index in [0.29, 0.717) is 12.0 Å². The van der Waals surface area contributed by atoms with E-state index in [0.717, 1.165) is 16.2 Å². The molecule has 0 saturated carbocycles. The second-order valence-corrected chi connectivity index (χ2v) is 7.64. The van der Waals surface area contributed by atoms with Gasteiger partial charge in [0.1, 0.15) is 5.41 Å². The van der Waals surface area contributed by atoms with Gasteiger partial charge in [0.15, 0.2) is 0 Å². The first-order valence-corrected chi connectivity index (χ1v) is 9.51. The summed E-state index contributed by atoms with van der Waals surface area (Å²) in [5, 5.41) is 13.5. The van der Waals surface area contributed by atoms with Crippen molar-refractivity contribution >= 4 is 29.2 Å². The fourth-order valence-corrected chi connectivity index (χ4v) is 4.19. The van der Waals surface area contributed by atoms with Crippen LogP contribution in [0.3, 0.4) is 0 Å². The summed E-state index contributed by atoms with van der Waals surface area (Å²) < 4.78 is 0. The molecule has 4 amide bonds. The van der Waals surface area contributed by atoms with Crippen molar-refractivity contribution in [3.05, 3.63) is 69.8 Å². The van der Waals surface area contributed by atoms with Gasteiger partial charge in [0.25, 0.3) is 5.69 Å². The van der Waals surface area contributed by atoms with E-state index in [1.54, 1.807) is 18.0 Å². The van der Waals surface area contributed by atoms with Crippen LogP contribution in [0.4, 0.5) is 16.2 Å². The quantitative estimate of drug-likeness (QED) is 0.470. The lowest BCUT2D eigenvalue weighted by Crippen LogP contribution is -2.68. The lowest BCUT2D eigenvalue weighted by Gasteiger charge is -2.45. The van der Waals surface area contributed by atoms with Gasteiger partial charge in [0, 0.05) is 38.0 Å². The van der Waals surface area contributed by atoms with Crippen LogP contribution in [0.1, 0.15) is 11.1 Å². The van der Waals surface area contributed by atoms with Crippen molar-refractivity contribution in [1.29, 1.82) is 0 Å². The molecule has 1 atom stereocenters. The molecule has 0 unspecified atom stereocenters. The zero-order valence-electron chi connectivity index (χ0n) is 16.3. The van der Waals surface area contributed by atoms with Crippen LogP contribution >= 0.6 is 0 Å². The molecule has 0 aliphatic carbocycles. The SMILES string of the molecule is CN1C[C@@]2(Cc3cc([N+](=O)[O-])ccc31)C(=O)NC(=O)N(CCc1ccccc1)C2=O. The van der Waals surface area contributed by atoms with Crippen molar-refractivity contribution in [2.75, 3.05) is 25.0 Å². The molecule has 9 nitrogen and oxygen atoms in total. The lowest BCUT2D eigenvalue weighted by molar-refractivity contribution is -0.384. The Bertz CT molecular complexity index is 1050. The number of non-ortho nitro benzene ring substituents is 1. The molecule has 2 aliphatic rings. The van der Waals surface area contributed by atoms with Crippen LogP contribution in [0.2, 0.25) is 0 Å². The van der Waals surface area contributed by atoms with Gasteiger partial charge in [0.05, 0.1) is 4.92 Å². The average molecular weight is 408 g/mol. The van der Waals surface area contributed by atoms with Crippen LogP contribution in [0.25, 0.3) is 0 Å². The number of anilines is 1. The van der Waals surface area contributed by atoms with Crippen molar-refractivity contribution in [2.24, 2.45) is 5.41 Å². The van der Waals surface area contributed by atoms with Crippen molar-refractivity contribution in [2.45, 2.75) is 12.8 Å². The number of carbonyl (C=O) groups is 3. The molecule has 2 aliphatic heterocycles. The van der Waals surface area contributed by atoms with Crippen LogP contribution in [-0.4, -0.2) is 47.8 Å². The molecule has 1 fully saturated rings. The predicted molar refractivity (Wildman–Crippen MR) is 108 cm³/mol. The van der Waals surface area contributed by atoms with Gasteiger partial charge in [-0.1, -0.05) is 30.3 Å². The molecule has 2 aromatic rings. The summed E-state index contributed by atoms with van der Waals surface area (Å²) in [6.07, 6.45) is 0.455.